The summed E-state index contributed by atoms with van der Waals surface area (Å²) in [5.74, 6) is 5.33. The summed E-state index contributed by atoms with van der Waals surface area (Å²) in [7, 11) is 0. The van der Waals surface area contributed by atoms with Crippen molar-refractivity contribution in [2.45, 2.75) is 19.4 Å². The Bertz CT molecular complexity index is 493. The van der Waals surface area contributed by atoms with Crippen LogP contribution in [0, 0.1) is 12.7 Å². The lowest BCUT2D eigenvalue weighted by Crippen LogP contribution is -2.29. The Hall–Kier alpha value is -1.78. The lowest BCUT2D eigenvalue weighted by Gasteiger charge is -2.17. The molecule has 18 heavy (non-hydrogen) atoms. The van der Waals surface area contributed by atoms with Crippen LogP contribution in [0.2, 0.25) is 0 Å². The van der Waals surface area contributed by atoms with Crippen molar-refractivity contribution in [2.75, 3.05) is 0 Å². The van der Waals surface area contributed by atoms with E-state index in [2.05, 4.69) is 10.4 Å². The normalized spacial score (nSPS) is 12.4. The first-order valence-electron chi connectivity index (χ1n) is 5.81. The second kappa shape index (κ2) is 5.71. The summed E-state index contributed by atoms with van der Waals surface area (Å²) in [6.45, 7) is 1.87. The van der Waals surface area contributed by atoms with Gasteiger partial charge >= 0.3 is 0 Å². The highest BCUT2D eigenvalue weighted by molar-refractivity contribution is 5.28. The molecule has 0 aliphatic heterocycles. The molecule has 0 saturated heterocycles. The lowest BCUT2D eigenvalue weighted by atomic mass is 9.98. The molecule has 0 bridgehead atoms. The Morgan fingerprint density at radius 2 is 2.00 bits per heavy atom. The second-order valence-electron chi connectivity index (χ2n) is 4.34. The van der Waals surface area contributed by atoms with Crippen LogP contribution in [0.15, 0.2) is 42.7 Å². The molecule has 2 rings (SSSR count). The van der Waals surface area contributed by atoms with Gasteiger partial charge in [-0.25, -0.2) is 4.39 Å². The first kappa shape index (κ1) is 12.7. The monoisotopic (exact) mass is 245 g/mol. The van der Waals surface area contributed by atoms with Crippen LogP contribution in [0.5, 0.6) is 0 Å². The Labute approximate surface area is 106 Å². The van der Waals surface area contributed by atoms with Crippen molar-refractivity contribution < 1.29 is 4.39 Å². The molecule has 1 atom stereocenters. The summed E-state index contributed by atoms with van der Waals surface area (Å²) in [5, 5.41) is 0. The molecule has 3 nitrogen and oxygen atoms in total. The molecule has 1 unspecified atom stereocenters. The topological polar surface area (TPSA) is 50.9 Å². The Morgan fingerprint density at radius 1 is 1.28 bits per heavy atom. The summed E-state index contributed by atoms with van der Waals surface area (Å²) in [6.07, 6.45) is 4.17. The number of nitrogens with zero attached hydrogens (tertiary/aromatic N) is 1. The second-order valence-corrected chi connectivity index (χ2v) is 4.34. The van der Waals surface area contributed by atoms with Crippen LogP contribution >= 0.6 is 0 Å². The number of pyridine rings is 1. The van der Waals surface area contributed by atoms with Gasteiger partial charge in [0.25, 0.3) is 0 Å². The highest BCUT2D eigenvalue weighted by Crippen LogP contribution is 2.19. The fourth-order valence-electron chi connectivity index (χ4n) is 1.99. The smallest absolute Gasteiger partial charge is 0.123 e. The number of nitrogens with two attached hydrogens (primary N) is 1. The van der Waals surface area contributed by atoms with Crippen LogP contribution in [0.1, 0.15) is 22.7 Å². The number of benzene rings is 1. The van der Waals surface area contributed by atoms with Crippen molar-refractivity contribution in [3.8, 4) is 0 Å². The maximum atomic E-state index is 13.4. The quantitative estimate of drug-likeness (QED) is 0.642. The van der Waals surface area contributed by atoms with E-state index in [0.717, 1.165) is 16.7 Å². The van der Waals surface area contributed by atoms with Crippen molar-refractivity contribution in [1.82, 2.24) is 10.4 Å². The van der Waals surface area contributed by atoms with Crippen molar-refractivity contribution in [3.05, 3.63) is 65.2 Å². The van der Waals surface area contributed by atoms with Gasteiger partial charge in [0.2, 0.25) is 0 Å². The van der Waals surface area contributed by atoms with Crippen LogP contribution in [-0.2, 0) is 6.42 Å². The van der Waals surface area contributed by atoms with Gasteiger partial charge in [-0.05, 0) is 54.3 Å². The van der Waals surface area contributed by atoms with Crippen LogP contribution in [0.25, 0.3) is 0 Å². The van der Waals surface area contributed by atoms with Gasteiger partial charge in [0.15, 0.2) is 0 Å². The van der Waals surface area contributed by atoms with E-state index < -0.39 is 0 Å². The number of halogens is 1. The van der Waals surface area contributed by atoms with Crippen LogP contribution in [0.4, 0.5) is 4.39 Å². The SMILES string of the molecule is Cc1cc(F)cc(C(Cc2ccncc2)NN)c1. The van der Waals surface area contributed by atoms with Gasteiger partial charge in [-0.3, -0.25) is 16.3 Å². The van der Waals surface area contributed by atoms with Gasteiger partial charge in [-0.1, -0.05) is 6.07 Å². The summed E-state index contributed by atoms with van der Waals surface area (Å²) in [6, 6.07) is 8.70. The number of hydrazine groups is 1. The van der Waals surface area contributed by atoms with Crippen LogP contribution < -0.4 is 11.3 Å². The molecule has 0 spiro atoms. The van der Waals surface area contributed by atoms with Crippen molar-refractivity contribution >= 4 is 0 Å². The average molecular weight is 245 g/mol. The summed E-state index contributed by atoms with van der Waals surface area (Å²) in [5.41, 5.74) is 5.58. The van der Waals surface area contributed by atoms with Crippen molar-refractivity contribution in [3.63, 3.8) is 0 Å². The summed E-state index contributed by atoms with van der Waals surface area (Å²) < 4.78 is 13.4. The maximum absolute atomic E-state index is 13.4. The highest BCUT2D eigenvalue weighted by Gasteiger charge is 2.12. The number of hydrogen-bond acceptors (Lipinski definition) is 3. The van der Waals surface area contributed by atoms with Crippen LogP contribution in [0.3, 0.4) is 0 Å². The molecule has 1 aromatic heterocycles. The van der Waals surface area contributed by atoms with Crippen molar-refractivity contribution in [2.24, 2.45) is 5.84 Å². The van der Waals surface area contributed by atoms with E-state index in [9.17, 15) is 4.39 Å². The third kappa shape index (κ3) is 3.12. The molecule has 2 aromatic rings. The number of aryl methyl sites for hydroxylation is 1. The molecule has 0 amide bonds. The lowest BCUT2D eigenvalue weighted by molar-refractivity contribution is 0.543. The van der Waals surface area contributed by atoms with E-state index in [1.165, 1.54) is 12.1 Å². The molecule has 94 valence electrons. The molecule has 0 fully saturated rings. The predicted molar refractivity (Wildman–Crippen MR) is 69.1 cm³/mol. The standard InChI is InChI=1S/C14H16FN3/c1-10-6-12(9-13(15)7-10)14(18-16)8-11-2-4-17-5-3-11/h2-7,9,14,18H,8,16H2,1H3. The molecule has 0 aliphatic rings. The number of nitrogens with one attached hydrogen (secondary N) is 1. The average Bonchev–Trinajstić information content (AvgIpc) is 2.36. The number of rotatable bonds is 4. The van der Waals surface area contributed by atoms with Crippen molar-refractivity contribution in [1.29, 1.82) is 0 Å². The molecular weight excluding hydrogens is 229 g/mol. The maximum Gasteiger partial charge on any atom is 0.123 e. The molecule has 3 N–H and O–H groups in total. The van der Waals surface area contributed by atoms with Gasteiger partial charge in [-0.2, -0.15) is 0 Å². The van der Waals surface area contributed by atoms with Crippen LogP contribution in [-0.4, -0.2) is 4.98 Å². The van der Waals surface area contributed by atoms with Gasteiger partial charge in [-0.15, -0.1) is 0 Å². The highest BCUT2D eigenvalue weighted by atomic mass is 19.1. The molecular formula is C14H16FN3. The zero-order valence-corrected chi connectivity index (χ0v) is 10.2. The minimum absolute atomic E-state index is 0.109. The first-order valence-corrected chi connectivity index (χ1v) is 5.81. The fourth-order valence-corrected chi connectivity index (χ4v) is 1.99. The Kier molecular flexibility index (Phi) is 4.02. The van der Waals surface area contributed by atoms with E-state index in [1.807, 2.05) is 25.1 Å². The van der Waals surface area contributed by atoms with Gasteiger partial charge in [0.1, 0.15) is 5.82 Å². The minimum Gasteiger partial charge on any atom is -0.271 e. The van der Waals surface area contributed by atoms with E-state index in [-0.39, 0.29) is 11.9 Å². The zero-order valence-electron chi connectivity index (χ0n) is 10.2. The van der Waals surface area contributed by atoms with Gasteiger partial charge in [0.05, 0.1) is 6.04 Å². The number of hydrogen-bond donors (Lipinski definition) is 2. The van der Waals surface area contributed by atoms with Gasteiger partial charge in [0, 0.05) is 12.4 Å². The predicted octanol–water partition coefficient (Wildman–Crippen LogP) is 2.28. The molecule has 0 saturated carbocycles. The Morgan fingerprint density at radius 3 is 2.61 bits per heavy atom. The molecule has 0 radical (unpaired) electrons. The molecule has 1 aromatic carbocycles. The largest absolute Gasteiger partial charge is 0.271 e. The van der Waals surface area contributed by atoms with Gasteiger partial charge < -0.3 is 0 Å². The molecule has 4 heteroatoms. The molecule has 0 aliphatic carbocycles. The van der Waals surface area contributed by atoms with E-state index in [0.29, 0.717) is 6.42 Å². The summed E-state index contributed by atoms with van der Waals surface area (Å²) >= 11 is 0. The third-order valence-electron chi connectivity index (χ3n) is 2.86. The summed E-state index contributed by atoms with van der Waals surface area (Å²) in [4.78, 5) is 3.97. The fraction of sp³-hybridized carbons (Fsp3) is 0.214. The van der Waals surface area contributed by atoms with E-state index in [4.69, 9.17) is 5.84 Å². The van der Waals surface area contributed by atoms with E-state index in [1.54, 1.807) is 12.4 Å². The number of aromatic nitrogens is 1. The first-order chi connectivity index (χ1) is 8.69. The van der Waals surface area contributed by atoms with E-state index >= 15 is 0 Å². The third-order valence-corrected chi connectivity index (χ3v) is 2.86. The molecule has 1 heterocycles. The Balaban J connectivity index is 2.23. The minimum atomic E-state index is -0.236. The zero-order chi connectivity index (χ0) is 13.0.